The van der Waals surface area contributed by atoms with Gasteiger partial charge in [-0.2, -0.15) is 0 Å². The second-order valence-corrected chi connectivity index (χ2v) is 6.75. The maximum Gasteiger partial charge on any atom is 0.337 e. The molecule has 3 nitrogen and oxygen atoms in total. The van der Waals surface area contributed by atoms with Crippen molar-refractivity contribution in [2.24, 2.45) is 17.8 Å². The second-order valence-electron chi connectivity index (χ2n) is 6.75. The quantitative estimate of drug-likeness (QED) is 0.869. The first-order valence-corrected chi connectivity index (χ1v) is 7.06. The third-order valence-corrected chi connectivity index (χ3v) is 5.49. The van der Waals surface area contributed by atoms with Gasteiger partial charge in [-0.15, -0.1) is 0 Å². The molecule has 0 amide bonds. The number of nitrogens with zero attached hydrogens (tertiary/aromatic N) is 1. The summed E-state index contributed by atoms with van der Waals surface area (Å²) in [5, 5.41) is 9.07. The molecule has 0 radical (unpaired) electrons. The molecular formula is C15H19NO2. The smallest absolute Gasteiger partial charge is 0.337 e. The number of aromatic nitrogens is 1. The minimum Gasteiger partial charge on any atom is -0.478 e. The number of aromatic carboxylic acids is 1. The summed E-state index contributed by atoms with van der Waals surface area (Å²) in [7, 11) is 0. The van der Waals surface area contributed by atoms with Gasteiger partial charge in [-0.3, -0.25) is 0 Å². The summed E-state index contributed by atoms with van der Waals surface area (Å²) in [5.41, 5.74) is 0.688. The van der Waals surface area contributed by atoms with Gasteiger partial charge in [-0.05, 0) is 62.3 Å². The Labute approximate surface area is 107 Å². The predicted molar refractivity (Wildman–Crippen MR) is 67.5 cm³/mol. The molecule has 4 saturated carbocycles. The Hall–Kier alpha value is -1.25. The van der Waals surface area contributed by atoms with E-state index in [2.05, 4.69) is 4.57 Å². The summed E-state index contributed by atoms with van der Waals surface area (Å²) >= 11 is 0. The lowest BCUT2D eigenvalue weighted by atomic mass is 9.53. The minimum atomic E-state index is -0.807. The molecule has 4 fully saturated rings. The normalized spacial score (nSPS) is 41.2. The largest absolute Gasteiger partial charge is 0.478 e. The van der Waals surface area contributed by atoms with E-state index in [-0.39, 0.29) is 5.54 Å². The number of rotatable bonds is 2. The van der Waals surface area contributed by atoms with Gasteiger partial charge >= 0.3 is 5.97 Å². The monoisotopic (exact) mass is 245 g/mol. The van der Waals surface area contributed by atoms with Crippen molar-refractivity contribution in [3.8, 4) is 0 Å². The molecule has 96 valence electrons. The molecule has 1 heterocycles. The lowest BCUT2D eigenvalue weighted by Crippen LogP contribution is -2.51. The van der Waals surface area contributed by atoms with E-state index in [0.29, 0.717) is 5.56 Å². The average molecular weight is 245 g/mol. The van der Waals surface area contributed by atoms with E-state index in [1.165, 1.54) is 38.5 Å². The van der Waals surface area contributed by atoms with Gasteiger partial charge in [0, 0.05) is 17.9 Å². The van der Waals surface area contributed by atoms with Crippen LogP contribution in [0.1, 0.15) is 48.9 Å². The van der Waals surface area contributed by atoms with Crippen LogP contribution < -0.4 is 0 Å². The SMILES string of the molecule is O=C(O)c1ccn(C23CC4CC(CC(C4)C2)C3)c1. The van der Waals surface area contributed by atoms with Gasteiger partial charge in [0.1, 0.15) is 0 Å². The highest BCUT2D eigenvalue weighted by Gasteiger charge is 2.51. The van der Waals surface area contributed by atoms with Crippen LogP contribution in [0.15, 0.2) is 18.5 Å². The maximum atomic E-state index is 11.0. The van der Waals surface area contributed by atoms with E-state index in [1.54, 1.807) is 6.07 Å². The van der Waals surface area contributed by atoms with Gasteiger partial charge in [0.05, 0.1) is 5.56 Å². The van der Waals surface area contributed by atoms with Crippen molar-refractivity contribution in [2.45, 2.75) is 44.1 Å². The molecule has 0 saturated heterocycles. The van der Waals surface area contributed by atoms with Crippen LogP contribution in [0.4, 0.5) is 0 Å². The second kappa shape index (κ2) is 3.40. The zero-order chi connectivity index (χ0) is 12.3. The fourth-order valence-corrected chi connectivity index (χ4v) is 5.20. The molecule has 0 aliphatic heterocycles. The molecule has 1 aromatic heterocycles. The number of carboxylic acids is 1. The van der Waals surface area contributed by atoms with E-state index < -0.39 is 5.97 Å². The Kier molecular flexibility index (Phi) is 2.01. The van der Waals surface area contributed by atoms with Gasteiger partial charge in [0.15, 0.2) is 0 Å². The summed E-state index contributed by atoms with van der Waals surface area (Å²) in [6, 6.07) is 1.75. The molecule has 0 aromatic carbocycles. The molecule has 1 N–H and O–H groups in total. The molecule has 0 spiro atoms. The van der Waals surface area contributed by atoms with Gasteiger partial charge in [0.2, 0.25) is 0 Å². The van der Waals surface area contributed by atoms with Crippen molar-refractivity contribution >= 4 is 5.97 Å². The molecule has 0 atom stereocenters. The fraction of sp³-hybridized carbons (Fsp3) is 0.667. The lowest BCUT2D eigenvalue weighted by molar-refractivity contribution is -0.0429. The highest BCUT2D eigenvalue weighted by Crippen LogP contribution is 2.58. The van der Waals surface area contributed by atoms with Gasteiger partial charge < -0.3 is 9.67 Å². The van der Waals surface area contributed by atoms with Crippen LogP contribution in [0, 0.1) is 17.8 Å². The number of hydrogen-bond acceptors (Lipinski definition) is 1. The number of carbonyl (C=O) groups is 1. The summed E-state index contributed by atoms with van der Waals surface area (Å²) in [6.45, 7) is 0. The standard InChI is InChI=1S/C15H19NO2/c17-14(18)13-1-2-16(9-13)15-6-10-3-11(7-15)5-12(4-10)8-15/h1-2,9-12H,3-8H2,(H,17,18). The lowest BCUT2D eigenvalue weighted by Gasteiger charge is -2.57. The molecule has 4 aliphatic rings. The van der Waals surface area contributed by atoms with Crippen LogP contribution in [-0.2, 0) is 5.54 Å². The molecule has 4 bridgehead atoms. The van der Waals surface area contributed by atoms with Crippen molar-refractivity contribution in [1.82, 2.24) is 4.57 Å². The molecule has 3 heteroatoms. The Morgan fingerprint density at radius 1 is 1.17 bits per heavy atom. The minimum absolute atomic E-state index is 0.252. The van der Waals surface area contributed by atoms with Gasteiger partial charge in [0.25, 0.3) is 0 Å². The van der Waals surface area contributed by atoms with Crippen LogP contribution in [0.5, 0.6) is 0 Å². The first-order chi connectivity index (χ1) is 8.64. The third kappa shape index (κ3) is 1.39. The van der Waals surface area contributed by atoms with Crippen molar-refractivity contribution in [1.29, 1.82) is 0 Å². The number of hydrogen-bond donors (Lipinski definition) is 1. The highest BCUT2D eigenvalue weighted by molar-refractivity contribution is 5.87. The van der Waals surface area contributed by atoms with Crippen molar-refractivity contribution in [3.63, 3.8) is 0 Å². The molecule has 0 unspecified atom stereocenters. The summed E-state index contributed by atoms with van der Waals surface area (Å²) < 4.78 is 2.24. The van der Waals surface area contributed by atoms with Crippen LogP contribution in [0.2, 0.25) is 0 Å². The summed E-state index contributed by atoms with van der Waals surface area (Å²) in [4.78, 5) is 11.0. The molecule has 18 heavy (non-hydrogen) atoms. The number of carboxylic acid groups (broad SMARTS) is 1. The summed E-state index contributed by atoms with van der Waals surface area (Å²) in [6.07, 6.45) is 11.9. The van der Waals surface area contributed by atoms with Crippen molar-refractivity contribution in [3.05, 3.63) is 24.0 Å². The van der Waals surface area contributed by atoms with E-state index >= 15 is 0 Å². The van der Waals surface area contributed by atoms with Crippen molar-refractivity contribution in [2.75, 3.05) is 0 Å². The summed E-state index contributed by atoms with van der Waals surface area (Å²) in [5.74, 6) is 1.88. The van der Waals surface area contributed by atoms with E-state index in [9.17, 15) is 4.79 Å². The fourth-order valence-electron chi connectivity index (χ4n) is 5.20. The van der Waals surface area contributed by atoms with Crippen LogP contribution in [0.25, 0.3) is 0 Å². The van der Waals surface area contributed by atoms with Crippen LogP contribution in [0.3, 0.4) is 0 Å². The van der Waals surface area contributed by atoms with Crippen LogP contribution in [-0.4, -0.2) is 15.6 Å². The Balaban J connectivity index is 1.72. The third-order valence-electron chi connectivity index (χ3n) is 5.49. The Bertz CT molecular complexity index is 467. The first-order valence-electron chi connectivity index (χ1n) is 7.06. The first kappa shape index (κ1) is 10.7. The molecule has 4 aliphatic carbocycles. The van der Waals surface area contributed by atoms with E-state index in [4.69, 9.17) is 5.11 Å². The van der Waals surface area contributed by atoms with Crippen molar-refractivity contribution < 1.29 is 9.90 Å². The topological polar surface area (TPSA) is 42.2 Å². The van der Waals surface area contributed by atoms with Gasteiger partial charge in [-0.1, -0.05) is 0 Å². The highest BCUT2D eigenvalue weighted by atomic mass is 16.4. The zero-order valence-electron chi connectivity index (χ0n) is 10.5. The average Bonchev–Trinajstić information content (AvgIpc) is 2.76. The zero-order valence-corrected chi connectivity index (χ0v) is 10.5. The van der Waals surface area contributed by atoms with Crippen LogP contribution >= 0.6 is 0 Å². The molecular weight excluding hydrogens is 226 g/mol. The molecule has 1 aromatic rings. The van der Waals surface area contributed by atoms with E-state index in [1.807, 2.05) is 12.4 Å². The van der Waals surface area contributed by atoms with E-state index in [0.717, 1.165) is 17.8 Å². The maximum absolute atomic E-state index is 11.0. The Morgan fingerprint density at radius 3 is 2.17 bits per heavy atom. The Morgan fingerprint density at radius 2 is 1.72 bits per heavy atom. The van der Waals surface area contributed by atoms with Gasteiger partial charge in [-0.25, -0.2) is 4.79 Å². The molecule has 5 rings (SSSR count). The predicted octanol–water partition coefficient (Wildman–Crippen LogP) is 3.11.